The monoisotopic (exact) mass is 1780 g/mol. The number of benzene rings is 15. The van der Waals surface area contributed by atoms with Crippen LogP contribution in [0.4, 0.5) is 0 Å². The largest absolute Gasteiger partial charge is 0.507 e. The molecule has 658 valence electrons. The molecule has 19 aromatic rings. The molecule has 19 rings (SSSR count). The summed E-state index contributed by atoms with van der Waals surface area (Å²) in [5.74, 6) is 0.866. The standard InChI is InChI=1S/C28H21N3O4.2C27H19N3O4.C23H17N3O5/c1-16-7-13-21(23(32)15-16)26-29-25(18-8-10-19(11-9-18)28(34)35-2)30-27(31-26)22-14-12-17-5-3-4-6-20(17)24(22)33;1-34-27(33)17-12-10-16(11-13-17)24-28-25(20-8-4-5-9-22(20)31)30-26(29-24)21-14-18-6-2-3-7-19(18)15-23(21)32;1-34-27(33)18-12-10-17(11-13-18)24-28-25(20-8-4-5-9-22(20)31)30-26(29-24)21-15-14-16-6-2-3-7-19(16)23(21)32;1-31-23(30)14-11-9-13(10-12-14)20-24-21(15-5-2-3-6-16(15)27)26-22(25-20)19-17(28)7-4-8-18(19)29/h3-15,32-33H,1-2H3;2*2-15,31-32H,1H3;2-12,27-29H,1H3. The van der Waals surface area contributed by atoms with E-state index in [0.29, 0.717) is 112 Å². The average Bonchev–Trinajstić information content (AvgIpc) is 0.782. The molecular weight excluding hydrogens is 1700 g/mol. The number of nitrogens with zero attached hydrogens (tertiary/aromatic N) is 12. The normalized spacial score (nSPS) is 10.8. The number of aromatic hydroxyl groups is 9. The number of aromatic nitrogens is 12. The number of phenolic OH excluding ortho intramolecular Hbond substituents is 9. The van der Waals surface area contributed by atoms with Gasteiger partial charge in [-0.05, 0) is 167 Å². The number of carbonyl (C=O) groups excluding carboxylic acids is 4. The third-order valence-corrected chi connectivity index (χ3v) is 21.3. The van der Waals surface area contributed by atoms with Gasteiger partial charge in [-0.1, -0.05) is 182 Å². The van der Waals surface area contributed by atoms with E-state index in [4.69, 9.17) is 18.9 Å². The molecule has 0 aliphatic rings. The molecule has 29 heteroatoms. The fourth-order valence-corrected chi connectivity index (χ4v) is 14.3. The number of para-hydroxylation sites is 3. The molecule has 4 aromatic heterocycles. The van der Waals surface area contributed by atoms with Crippen molar-refractivity contribution >= 4 is 56.2 Å². The summed E-state index contributed by atoms with van der Waals surface area (Å²) in [7, 11) is 5.27. The zero-order valence-corrected chi connectivity index (χ0v) is 71.7. The van der Waals surface area contributed by atoms with Crippen LogP contribution in [-0.2, 0) is 18.9 Å². The molecule has 0 atom stereocenters. The summed E-state index contributed by atoms with van der Waals surface area (Å²) >= 11 is 0. The summed E-state index contributed by atoms with van der Waals surface area (Å²) in [6.45, 7) is 1.88. The Morgan fingerprint density at radius 3 is 0.799 bits per heavy atom. The Morgan fingerprint density at radius 1 is 0.209 bits per heavy atom. The van der Waals surface area contributed by atoms with E-state index in [1.807, 2.05) is 104 Å². The van der Waals surface area contributed by atoms with Crippen molar-refractivity contribution in [3.63, 3.8) is 0 Å². The quantitative estimate of drug-likeness (QED) is 0.0320. The number of hydrogen-bond donors (Lipinski definition) is 9. The molecule has 0 aliphatic carbocycles. The fraction of sp³-hybridized carbons (Fsp3) is 0.0476. The topological polar surface area (TPSA) is 442 Å². The minimum Gasteiger partial charge on any atom is -0.507 e. The lowest BCUT2D eigenvalue weighted by Gasteiger charge is -2.12. The van der Waals surface area contributed by atoms with E-state index in [-0.39, 0.29) is 110 Å². The van der Waals surface area contributed by atoms with Crippen molar-refractivity contribution in [2.75, 3.05) is 28.4 Å². The number of carbonyl (C=O) groups is 4. The van der Waals surface area contributed by atoms with Crippen LogP contribution in [0, 0.1) is 6.92 Å². The van der Waals surface area contributed by atoms with Gasteiger partial charge < -0.3 is 64.9 Å². The van der Waals surface area contributed by atoms with Gasteiger partial charge in [0.2, 0.25) is 0 Å². The van der Waals surface area contributed by atoms with Gasteiger partial charge in [0, 0.05) is 33.0 Å². The van der Waals surface area contributed by atoms with Crippen molar-refractivity contribution < 1.29 is 84.1 Å². The molecule has 15 aromatic carbocycles. The number of rotatable bonds is 16. The molecule has 9 N–H and O–H groups in total. The summed E-state index contributed by atoms with van der Waals surface area (Å²) in [4.78, 5) is 102. The highest BCUT2D eigenvalue weighted by molar-refractivity contribution is 5.98. The van der Waals surface area contributed by atoms with Crippen LogP contribution < -0.4 is 0 Å². The summed E-state index contributed by atoms with van der Waals surface area (Å²) in [5, 5.41) is 100.0. The summed E-state index contributed by atoms with van der Waals surface area (Å²) in [6, 6.07) is 89.4. The first-order valence-electron chi connectivity index (χ1n) is 41.1. The van der Waals surface area contributed by atoms with Gasteiger partial charge in [0.05, 0.1) is 89.6 Å². The van der Waals surface area contributed by atoms with Crippen LogP contribution in [0.15, 0.2) is 315 Å². The van der Waals surface area contributed by atoms with Gasteiger partial charge in [-0.15, -0.1) is 0 Å². The third-order valence-electron chi connectivity index (χ3n) is 21.3. The Kier molecular flexibility index (Phi) is 25.9. The maximum absolute atomic E-state index is 11.8. The molecule has 134 heavy (non-hydrogen) atoms. The minimum absolute atomic E-state index is 0.0226. The Balaban J connectivity index is 0.000000130. The lowest BCUT2D eigenvalue weighted by Crippen LogP contribution is -2.02. The highest BCUT2D eigenvalue weighted by atomic mass is 16.5. The molecule has 0 aliphatic heterocycles. The molecule has 0 spiro atoms. The Morgan fingerprint density at radius 2 is 0.463 bits per heavy atom. The van der Waals surface area contributed by atoms with Gasteiger partial charge in [-0.2, -0.15) is 0 Å². The van der Waals surface area contributed by atoms with Gasteiger partial charge in [-0.3, -0.25) is 0 Å². The summed E-state index contributed by atoms with van der Waals surface area (Å²) < 4.78 is 19.0. The van der Waals surface area contributed by atoms with Crippen molar-refractivity contribution in [3.8, 4) is 188 Å². The molecule has 4 heterocycles. The maximum atomic E-state index is 11.8. The van der Waals surface area contributed by atoms with Crippen molar-refractivity contribution in [2.45, 2.75) is 6.92 Å². The highest BCUT2D eigenvalue weighted by Gasteiger charge is 2.26. The predicted molar refractivity (Wildman–Crippen MR) is 502 cm³/mol. The van der Waals surface area contributed by atoms with Crippen molar-refractivity contribution in [1.29, 1.82) is 0 Å². The van der Waals surface area contributed by atoms with E-state index in [2.05, 4.69) is 59.8 Å². The number of aryl methyl sites for hydroxylation is 1. The van der Waals surface area contributed by atoms with Crippen molar-refractivity contribution in [3.05, 3.63) is 343 Å². The predicted octanol–water partition coefficient (Wildman–Crippen LogP) is 19.8. The van der Waals surface area contributed by atoms with E-state index in [1.54, 1.807) is 194 Å². The number of fused-ring (bicyclic) bond motifs is 3. The number of ether oxygens (including phenoxy) is 4. The second-order valence-corrected chi connectivity index (χ2v) is 29.8. The first-order chi connectivity index (χ1) is 65.0. The van der Waals surface area contributed by atoms with Gasteiger partial charge in [0.15, 0.2) is 69.9 Å². The zero-order chi connectivity index (χ0) is 93.8. The Labute approximate surface area is 763 Å². The van der Waals surface area contributed by atoms with Gasteiger partial charge >= 0.3 is 23.9 Å². The lowest BCUT2D eigenvalue weighted by molar-refractivity contribution is 0.0592. The summed E-state index contributed by atoms with van der Waals surface area (Å²) in [6.07, 6.45) is 0. The molecule has 29 nitrogen and oxygen atoms in total. The van der Waals surface area contributed by atoms with Crippen LogP contribution in [0.1, 0.15) is 47.0 Å². The second kappa shape index (κ2) is 39.2. The van der Waals surface area contributed by atoms with Gasteiger partial charge in [-0.25, -0.2) is 79.0 Å². The molecule has 0 saturated carbocycles. The number of methoxy groups -OCH3 is 4. The van der Waals surface area contributed by atoms with Crippen molar-refractivity contribution in [1.82, 2.24) is 59.8 Å². The first-order valence-corrected chi connectivity index (χ1v) is 41.1. The van der Waals surface area contributed by atoms with Gasteiger partial charge in [0.1, 0.15) is 57.3 Å². The SMILES string of the molecule is COC(=O)c1ccc(-c2nc(-c3ccc(C)cc3O)nc(-c3ccc4ccccc4c3O)n2)cc1.COC(=O)c1ccc(-c2nc(-c3ccccc3O)nc(-c3c(O)cccc3O)n2)cc1.COC(=O)c1ccc(-c2nc(-c3ccccc3O)nc(-c3cc4ccccc4cc3O)n2)cc1.COC(=O)c1ccc(-c2nc(-c3ccccc3O)nc(-c3ccc4ccccc4c3O)n2)cc1. The van der Waals surface area contributed by atoms with E-state index in [0.717, 1.165) is 27.1 Å². The Hall–Kier alpha value is -18.8. The highest BCUT2D eigenvalue weighted by Crippen LogP contribution is 2.43. The molecule has 0 fully saturated rings. The molecule has 0 unspecified atom stereocenters. The van der Waals surface area contributed by atoms with Crippen LogP contribution >= 0.6 is 0 Å². The van der Waals surface area contributed by atoms with Crippen LogP contribution in [0.5, 0.6) is 51.7 Å². The van der Waals surface area contributed by atoms with Crippen molar-refractivity contribution in [2.24, 2.45) is 0 Å². The average molecular weight is 1780 g/mol. The molecule has 0 amide bonds. The maximum Gasteiger partial charge on any atom is 0.337 e. The van der Waals surface area contributed by atoms with E-state index < -0.39 is 23.9 Å². The van der Waals surface area contributed by atoms with Gasteiger partial charge in [0.25, 0.3) is 0 Å². The fourth-order valence-electron chi connectivity index (χ4n) is 14.3. The lowest BCUT2D eigenvalue weighted by atomic mass is 10.0. The minimum atomic E-state index is -0.475. The number of hydrogen-bond acceptors (Lipinski definition) is 29. The van der Waals surface area contributed by atoms with E-state index in [1.165, 1.54) is 52.7 Å². The van der Waals surface area contributed by atoms with Crippen LogP contribution in [0.3, 0.4) is 0 Å². The smallest absolute Gasteiger partial charge is 0.337 e. The molecule has 0 radical (unpaired) electrons. The first kappa shape index (κ1) is 88.6. The molecule has 0 bridgehead atoms. The molecule has 0 saturated heterocycles. The van der Waals surface area contributed by atoms with Crippen LogP contribution in [-0.4, -0.2) is 158 Å². The zero-order valence-electron chi connectivity index (χ0n) is 71.7. The third kappa shape index (κ3) is 19.2. The van der Waals surface area contributed by atoms with E-state index in [9.17, 15) is 65.1 Å². The van der Waals surface area contributed by atoms with E-state index >= 15 is 0 Å². The van der Waals surface area contributed by atoms with Crippen LogP contribution in [0.2, 0.25) is 0 Å². The summed E-state index contributed by atoms with van der Waals surface area (Å²) in [5.41, 5.74) is 7.90. The second-order valence-electron chi connectivity index (χ2n) is 29.8. The molecular formula is C105H76N12O17. The Bertz CT molecular complexity index is 7550. The van der Waals surface area contributed by atoms with Crippen LogP contribution in [0.25, 0.3) is 169 Å². The number of phenols is 9. The number of esters is 4.